The van der Waals surface area contributed by atoms with Gasteiger partial charge in [0.25, 0.3) is 0 Å². The first kappa shape index (κ1) is 12.5. The molecule has 0 heterocycles. The lowest BCUT2D eigenvalue weighted by molar-refractivity contribution is -0.118. The summed E-state index contributed by atoms with van der Waals surface area (Å²) in [5, 5.41) is 11.3. The van der Waals surface area contributed by atoms with Crippen LogP contribution in [0.3, 0.4) is 0 Å². The molecule has 78 valence electrons. The van der Waals surface area contributed by atoms with Crippen LogP contribution in [0.15, 0.2) is 30.3 Å². The molecule has 1 amide bonds. The lowest BCUT2D eigenvalue weighted by Crippen LogP contribution is -2.19. The number of nitrogens with one attached hydrogen (secondary N) is 1. The fraction of sp³-hybridized carbons (Fsp3) is 0.364. The number of aromatic hydroxyl groups is 1. The molecule has 0 aliphatic rings. The minimum atomic E-state index is 0.0573. The van der Waals surface area contributed by atoms with Crippen molar-refractivity contribution < 1.29 is 9.90 Å². The van der Waals surface area contributed by atoms with Crippen molar-refractivity contribution in [3.63, 3.8) is 0 Å². The first-order valence-electron chi connectivity index (χ1n) is 4.65. The molecule has 0 unspecified atom stereocenters. The summed E-state index contributed by atoms with van der Waals surface area (Å²) in [6.07, 6.45) is 1.01. The third-order valence-electron chi connectivity index (χ3n) is 1.38. The zero-order valence-corrected chi connectivity index (χ0v) is 8.66. The average molecular weight is 195 g/mol. The third-order valence-corrected chi connectivity index (χ3v) is 1.38. The Bertz CT molecular complexity index is 247. The highest BCUT2D eigenvalue weighted by Gasteiger charge is 1.83. The first-order valence-corrected chi connectivity index (χ1v) is 4.65. The van der Waals surface area contributed by atoms with E-state index in [1.807, 2.05) is 13.0 Å². The molecule has 1 aromatic rings. The Balaban J connectivity index is 0.000000241. The molecule has 0 bridgehead atoms. The number of para-hydroxylation sites is 1. The van der Waals surface area contributed by atoms with Crippen LogP contribution in [0.5, 0.6) is 5.75 Å². The quantitative estimate of drug-likeness (QED) is 0.757. The molecular formula is C11H17NO2. The highest BCUT2D eigenvalue weighted by atomic mass is 16.3. The predicted molar refractivity (Wildman–Crippen MR) is 57.1 cm³/mol. The number of hydrogen-bond donors (Lipinski definition) is 2. The van der Waals surface area contributed by atoms with Gasteiger partial charge in [0.1, 0.15) is 5.75 Å². The van der Waals surface area contributed by atoms with E-state index in [9.17, 15) is 4.79 Å². The summed E-state index contributed by atoms with van der Waals surface area (Å²) < 4.78 is 0. The highest BCUT2D eigenvalue weighted by molar-refractivity contribution is 5.72. The van der Waals surface area contributed by atoms with E-state index >= 15 is 0 Å². The molecule has 3 heteroatoms. The number of phenols is 1. The molecule has 0 aromatic heterocycles. The van der Waals surface area contributed by atoms with Crippen LogP contribution in [0.2, 0.25) is 0 Å². The fourth-order valence-electron chi connectivity index (χ4n) is 0.729. The summed E-state index contributed by atoms with van der Waals surface area (Å²) in [5.41, 5.74) is 0. The molecule has 0 aliphatic carbocycles. The second-order valence-electron chi connectivity index (χ2n) is 2.82. The van der Waals surface area contributed by atoms with Gasteiger partial charge in [-0.1, -0.05) is 25.1 Å². The zero-order chi connectivity index (χ0) is 10.8. The lowest BCUT2D eigenvalue weighted by Gasteiger charge is -1.93. The second-order valence-corrected chi connectivity index (χ2v) is 2.82. The second kappa shape index (κ2) is 8.10. The smallest absolute Gasteiger partial charge is 0.216 e. The molecule has 1 aromatic carbocycles. The summed E-state index contributed by atoms with van der Waals surface area (Å²) in [6.45, 7) is 4.35. The van der Waals surface area contributed by atoms with E-state index in [0.717, 1.165) is 13.0 Å². The van der Waals surface area contributed by atoms with E-state index < -0.39 is 0 Å². The number of rotatable bonds is 2. The molecule has 1 rings (SSSR count). The Kier molecular flexibility index (Phi) is 7.23. The van der Waals surface area contributed by atoms with Crippen molar-refractivity contribution in [2.24, 2.45) is 0 Å². The molecule has 0 spiro atoms. The molecule has 14 heavy (non-hydrogen) atoms. The van der Waals surface area contributed by atoms with Crippen LogP contribution >= 0.6 is 0 Å². The van der Waals surface area contributed by atoms with Crippen LogP contribution in [0, 0.1) is 0 Å². The molecule has 2 N–H and O–H groups in total. The van der Waals surface area contributed by atoms with Crippen LogP contribution in [-0.4, -0.2) is 17.6 Å². The Morgan fingerprint density at radius 1 is 1.36 bits per heavy atom. The summed E-state index contributed by atoms with van der Waals surface area (Å²) in [7, 11) is 0. The van der Waals surface area contributed by atoms with Crippen LogP contribution in [-0.2, 0) is 4.79 Å². The van der Waals surface area contributed by atoms with Crippen molar-refractivity contribution in [2.75, 3.05) is 6.54 Å². The van der Waals surface area contributed by atoms with Gasteiger partial charge in [-0.05, 0) is 18.6 Å². The van der Waals surface area contributed by atoms with Crippen molar-refractivity contribution in [1.29, 1.82) is 0 Å². The van der Waals surface area contributed by atoms with E-state index in [1.54, 1.807) is 24.3 Å². The number of benzene rings is 1. The van der Waals surface area contributed by atoms with E-state index in [-0.39, 0.29) is 5.91 Å². The lowest BCUT2D eigenvalue weighted by atomic mass is 10.3. The van der Waals surface area contributed by atoms with Gasteiger partial charge in [0.05, 0.1) is 0 Å². The molecular weight excluding hydrogens is 178 g/mol. The summed E-state index contributed by atoms with van der Waals surface area (Å²) in [5.74, 6) is 0.379. The minimum Gasteiger partial charge on any atom is -0.508 e. The number of amides is 1. The van der Waals surface area contributed by atoms with Gasteiger partial charge in [-0.25, -0.2) is 0 Å². The van der Waals surface area contributed by atoms with Gasteiger partial charge in [0.15, 0.2) is 0 Å². The van der Waals surface area contributed by atoms with Gasteiger partial charge in [-0.2, -0.15) is 0 Å². The Labute approximate surface area is 84.8 Å². The Morgan fingerprint density at radius 3 is 2.14 bits per heavy atom. The molecule has 0 radical (unpaired) electrons. The Hall–Kier alpha value is -1.51. The van der Waals surface area contributed by atoms with Gasteiger partial charge in [0.2, 0.25) is 5.91 Å². The maximum Gasteiger partial charge on any atom is 0.216 e. The maximum atomic E-state index is 10.1. The van der Waals surface area contributed by atoms with Crippen LogP contribution < -0.4 is 5.32 Å². The van der Waals surface area contributed by atoms with Gasteiger partial charge in [0, 0.05) is 13.5 Å². The van der Waals surface area contributed by atoms with Gasteiger partial charge >= 0.3 is 0 Å². The molecule has 0 saturated carbocycles. The average Bonchev–Trinajstić information content (AvgIpc) is 2.17. The van der Waals surface area contributed by atoms with Crippen LogP contribution in [0.25, 0.3) is 0 Å². The van der Waals surface area contributed by atoms with E-state index in [0.29, 0.717) is 5.75 Å². The molecule has 0 atom stereocenters. The normalized spacial score (nSPS) is 8.43. The zero-order valence-electron chi connectivity index (χ0n) is 8.66. The molecule has 3 nitrogen and oxygen atoms in total. The first-order chi connectivity index (χ1) is 6.66. The number of phenolic OH excluding ortho intramolecular Hbond substituents is 1. The topological polar surface area (TPSA) is 49.3 Å². The van der Waals surface area contributed by atoms with Gasteiger partial charge in [-0.3, -0.25) is 4.79 Å². The largest absolute Gasteiger partial charge is 0.508 e. The molecule has 0 aliphatic heterocycles. The monoisotopic (exact) mass is 195 g/mol. The maximum absolute atomic E-state index is 10.1. The minimum absolute atomic E-state index is 0.0573. The van der Waals surface area contributed by atoms with Crippen molar-refractivity contribution in [3.8, 4) is 5.75 Å². The van der Waals surface area contributed by atoms with Crippen LogP contribution in [0.4, 0.5) is 0 Å². The predicted octanol–water partition coefficient (Wildman–Crippen LogP) is 1.92. The van der Waals surface area contributed by atoms with Gasteiger partial charge in [-0.15, -0.1) is 0 Å². The van der Waals surface area contributed by atoms with Crippen molar-refractivity contribution in [1.82, 2.24) is 5.32 Å². The summed E-state index contributed by atoms with van der Waals surface area (Å²) in [6, 6.07) is 8.71. The SMILES string of the molecule is CCCNC(C)=O.Oc1ccccc1. The fourth-order valence-corrected chi connectivity index (χ4v) is 0.729. The van der Waals surface area contributed by atoms with E-state index in [2.05, 4.69) is 5.32 Å². The highest BCUT2D eigenvalue weighted by Crippen LogP contribution is 2.02. The molecule has 0 fully saturated rings. The number of hydrogen-bond acceptors (Lipinski definition) is 2. The van der Waals surface area contributed by atoms with Crippen molar-refractivity contribution in [2.45, 2.75) is 20.3 Å². The standard InChI is InChI=1S/C6H6O.C5H11NO/c7-6-4-2-1-3-5-6;1-3-4-6-5(2)7/h1-5,7H;3-4H2,1-2H3,(H,6,7). The Morgan fingerprint density at radius 2 is 1.93 bits per heavy atom. The molecule has 0 saturated heterocycles. The van der Waals surface area contributed by atoms with E-state index in [1.165, 1.54) is 6.92 Å². The van der Waals surface area contributed by atoms with Crippen LogP contribution in [0.1, 0.15) is 20.3 Å². The number of carbonyl (C=O) groups excluding carboxylic acids is 1. The van der Waals surface area contributed by atoms with E-state index in [4.69, 9.17) is 5.11 Å². The summed E-state index contributed by atoms with van der Waals surface area (Å²) in [4.78, 5) is 10.1. The number of carbonyl (C=O) groups is 1. The third kappa shape index (κ3) is 8.59. The summed E-state index contributed by atoms with van der Waals surface area (Å²) >= 11 is 0. The van der Waals surface area contributed by atoms with Crippen molar-refractivity contribution >= 4 is 5.91 Å². The van der Waals surface area contributed by atoms with Crippen molar-refractivity contribution in [3.05, 3.63) is 30.3 Å². The van der Waals surface area contributed by atoms with Gasteiger partial charge < -0.3 is 10.4 Å².